The smallest absolute Gasteiger partial charge is 0.0701 e. The number of benzene rings is 1. The third-order valence-corrected chi connectivity index (χ3v) is 3.47. The Morgan fingerprint density at radius 3 is 1.85 bits per heavy atom. The van der Waals surface area contributed by atoms with Crippen LogP contribution >= 0.6 is 0 Å². The minimum absolute atomic E-state index is 1.06. The number of rotatable bonds is 7. The Bertz CT molecular complexity index is 377. The van der Waals surface area contributed by atoms with Gasteiger partial charge < -0.3 is 0 Å². The normalized spacial score (nSPS) is 10.1. The number of para-hydroxylation sites is 1. The molecule has 2 rings (SSSR count). The molecular weight excluding hydrogens is 242 g/mol. The van der Waals surface area contributed by atoms with E-state index in [0.29, 0.717) is 0 Å². The van der Waals surface area contributed by atoms with Gasteiger partial charge in [0, 0.05) is 11.6 Å². The minimum Gasteiger partial charge on any atom is -0.256 e. The first kappa shape index (κ1) is 16.7. The minimum atomic E-state index is 1.06. The Labute approximate surface area is 124 Å². The average molecular weight is 271 g/mol. The van der Waals surface area contributed by atoms with Gasteiger partial charge in [-0.15, -0.1) is 0 Å². The topological polar surface area (TPSA) is 12.9 Å². The highest BCUT2D eigenvalue weighted by Crippen LogP contribution is 2.08. The lowest BCUT2D eigenvalue weighted by Crippen LogP contribution is -1.77. The second-order valence-corrected chi connectivity index (χ2v) is 5.32. The van der Waals surface area contributed by atoms with E-state index in [2.05, 4.69) is 31.0 Å². The SMILES string of the molecule is CCCCCCCCCC.c1ccc2ncccc2c1. The monoisotopic (exact) mass is 271 g/mol. The van der Waals surface area contributed by atoms with Crippen molar-refractivity contribution in [1.82, 2.24) is 4.98 Å². The van der Waals surface area contributed by atoms with Gasteiger partial charge >= 0.3 is 0 Å². The van der Waals surface area contributed by atoms with Crippen LogP contribution in [0.5, 0.6) is 0 Å². The Morgan fingerprint density at radius 2 is 1.25 bits per heavy atom. The molecule has 0 atom stereocenters. The van der Waals surface area contributed by atoms with E-state index in [0.717, 1.165) is 5.52 Å². The first-order valence-corrected chi connectivity index (χ1v) is 8.18. The summed E-state index contributed by atoms with van der Waals surface area (Å²) in [5.41, 5.74) is 1.06. The molecule has 0 fully saturated rings. The summed E-state index contributed by atoms with van der Waals surface area (Å²) in [6, 6.07) is 12.1. The maximum absolute atomic E-state index is 4.18. The van der Waals surface area contributed by atoms with Crippen LogP contribution in [-0.2, 0) is 0 Å². The predicted octanol–water partition coefficient (Wildman–Crippen LogP) is 6.38. The molecule has 0 bridgehead atoms. The zero-order valence-corrected chi connectivity index (χ0v) is 13.1. The summed E-state index contributed by atoms with van der Waals surface area (Å²) in [6.45, 7) is 4.54. The van der Waals surface area contributed by atoms with Crippen LogP contribution in [0.25, 0.3) is 10.9 Å². The summed E-state index contributed by atoms with van der Waals surface area (Å²) in [5, 5.41) is 1.20. The Morgan fingerprint density at radius 1 is 0.700 bits per heavy atom. The van der Waals surface area contributed by atoms with E-state index in [4.69, 9.17) is 0 Å². The maximum Gasteiger partial charge on any atom is 0.0701 e. The molecule has 0 saturated heterocycles. The zero-order valence-electron chi connectivity index (χ0n) is 13.1. The molecule has 1 aromatic heterocycles. The van der Waals surface area contributed by atoms with E-state index in [1.54, 1.807) is 0 Å². The second-order valence-electron chi connectivity index (χ2n) is 5.32. The van der Waals surface area contributed by atoms with Crippen molar-refractivity contribution in [3.8, 4) is 0 Å². The Hall–Kier alpha value is -1.37. The molecule has 2 aromatic rings. The molecule has 20 heavy (non-hydrogen) atoms. The van der Waals surface area contributed by atoms with E-state index in [-0.39, 0.29) is 0 Å². The highest BCUT2D eigenvalue weighted by Gasteiger charge is 1.88. The van der Waals surface area contributed by atoms with Gasteiger partial charge in [0.1, 0.15) is 0 Å². The van der Waals surface area contributed by atoms with Gasteiger partial charge in [0.15, 0.2) is 0 Å². The molecule has 1 heteroatoms. The van der Waals surface area contributed by atoms with Crippen molar-refractivity contribution in [2.45, 2.75) is 65.2 Å². The molecule has 0 aliphatic heterocycles. The van der Waals surface area contributed by atoms with Gasteiger partial charge in [-0.05, 0) is 12.1 Å². The summed E-state index contributed by atoms with van der Waals surface area (Å²) >= 11 is 0. The largest absolute Gasteiger partial charge is 0.256 e. The zero-order chi connectivity index (χ0) is 14.5. The molecule has 110 valence electrons. The van der Waals surface area contributed by atoms with Crippen LogP contribution < -0.4 is 0 Å². The van der Waals surface area contributed by atoms with E-state index in [1.807, 2.05) is 30.5 Å². The van der Waals surface area contributed by atoms with Gasteiger partial charge in [-0.2, -0.15) is 0 Å². The lowest BCUT2D eigenvalue weighted by Gasteiger charge is -1.97. The van der Waals surface area contributed by atoms with Crippen LogP contribution in [0.3, 0.4) is 0 Å². The number of pyridine rings is 1. The summed E-state index contributed by atoms with van der Waals surface area (Å²) < 4.78 is 0. The van der Waals surface area contributed by atoms with E-state index < -0.39 is 0 Å². The fourth-order valence-corrected chi connectivity index (χ4v) is 2.22. The van der Waals surface area contributed by atoms with Crippen molar-refractivity contribution in [2.75, 3.05) is 0 Å². The van der Waals surface area contributed by atoms with Crippen molar-refractivity contribution < 1.29 is 0 Å². The maximum atomic E-state index is 4.18. The molecule has 0 amide bonds. The van der Waals surface area contributed by atoms with Gasteiger partial charge in [0.2, 0.25) is 0 Å². The summed E-state index contributed by atoms with van der Waals surface area (Å²) in [6.07, 6.45) is 13.3. The molecule has 0 spiro atoms. The van der Waals surface area contributed by atoms with Crippen LogP contribution in [0, 0.1) is 0 Å². The van der Waals surface area contributed by atoms with Crippen molar-refractivity contribution in [2.24, 2.45) is 0 Å². The standard InChI is InChI=1S/C10H22.C9H7N/c1-3-5-7-9-10-8-6-4-2;1-2-6-9-8(4-1)5-3-7-10-9/h3-10H2,1-2H3;1-7H. The van der Waals surface area contributed by atoms with E-state index >= 15 is 0 Å². The quantitative estimate of drug-likeness (QED) is 0.532. The third-order valence-electron chi connectivity index (χ3n) is 3.47. The number of unbranched alkanes of at least 4 members (excludes halogenated alkanes) is 7. The van der Waals surface area contributed by atoms with E-state index in [9.17, 15) is 0 Å². The Balaban J connectivity index is 0.000000200. The first-order valence-electron chi connectivity index (χ1n) is 8.18. The van der Waals surface area contributed by atoms with E-state index in [1.165, 1.54) is 56.8 Å². The molecule has 1 nitrogen and oxygen atoms in total. The summed E-state index contributed by atoms with van der Waals surface area (Å²) in [4.78, 5) is 4.18. The second kappa shape index (κ2) is 11.5. The highest BCUT2D eigenvalue weighted by atomic mass is 14.6. The number of hydrogen-bond acceptors (Lipinski definition) is 1. The summed E-state index contributed by atoms with van der Waals surface area (Å²) in [5.74, 6) is 0. The van der Waals surface area contributed by atoms with Gasteiger partial charge in [-0.3, -0.25) is 4.98 Å². The lowest BCUT2D eigenvalue weighted by atomic mass is 10.1. The predicted molar refractivity (Wildman–Crippen MR) is 90.0 cm³/mol. The van der Waals surface area contributed by atoms with Crippen LogP contribution in [0.2, 0.25) is 0 Å². The number of nitrogens with zero attached hydrogens (tertiary/aromatic N) is 1. The third kappa shape index (κ3) is 7.28. The van der Waals surface area contributed by atoms with Crippen LogP contribution in [-0.4, -0.2) is 4.98 Å². The fraction of sp³-hybridized carbons (Fsp3) is 0.526. The molecule has 1 heterocycles. The average Bonchev–Trinajstić information content (AvgIpc) is 2.52. The number of fused-ring (bicyclic) bond motifs is 1. The first-order chi connectivity index (χ1) is 9.88. The molecule has 0 aliphatic carbocycles. The molecule has 0 unspecified atom stereocenters. The molecule has 1 aromatic carbocycles. The molecule has 0 radical (unpaired) electrons. The van der Waals surface area contributed by atoms with Gasteiger partial charge in [0.25, 0.3) is 0 Å². The van der Waals surface area contributed by atoms with Crippen molar-refractivity contribution in [3.05, 3.63) is 42.6 Å². The van der Waals surface area contributed by atoms with Gasteiger partial charge in [0.05, 0.1) is 5.52 Å². The lowest BCUT2D eigenvalue weighted by molar-refractivity contribution is 0.585. The number of aromatic nitrogens is 1. The van der Waals surface area contributed by atoms with Gasteiger partial charge in [-0.25, -0.2) is 0 Å². The fourth-order valence-electron chi connectivity index (χ4n) is 2.22. The van der Waals surface area contributed by atoms with Gasteiger partial charge in [-0.1, -0.05) is 89.5 Å². The Kier molecular flexibility index (Phi) is 9.56. The molecule has 0 N–H and O–H groups in total. The van der Waals surface area contributed by atoms with Crippen molar-refractivity contribution in [3.63, 3.8) is 0 Å². The van der Waals surface area contributed by atoms with Crippen LogP contribution in [0.15, 0.2) is 42.6 Å². The molecule has 0 aliphatic rings. The molecular formula is C19H29N. The van der Waals surface area contributed by atoms with Crippen molar-refractivity contribution in [1.29, 1.82) is 0 Å². The summed E-state index contributed by atoms with van der Waals surface area (Å²) in [7, 11) is 0. The van der Waals surface area contributed by atoms with Crippen LogP contribution in [0.4, 0.5) is 0 Å². The highest BCUT2D eigenvalue weighted by molar-refractivity contribution is 5.77. The molecule has 0 saturated carbocycles. The van der Waals surface area contributed by atoms with Crippen LogP contribution in [0.1, 0.15) is 65.2 Å². The number of hydrogen-bond donors (Lipinski definition) is 0. The van der Waals surface area contributed by atoms with Crippen molar-refractivity contribution >= 4 is 10.9 Å².